The summed E-state index contributed by atoms with van der Waals surface area (Å²) in [6, 6.07) is 10.2. The monoisotopic (exact) mass is 308 g/mol. The number of hydrogen-bond donors (Lipinski definition) is 1. The highest BCUT2D eigenvalue weighted by Crippen LogP contribution is 2.25. The fraction of sp³-hybridized carbons (Fsp3) is 0.600. The van der Waals surface area contributed by atoms with Crippen molar-refractivity contribution < 1.29 is 0 Å². The molecule has 2 nitrogen and oxygen atoms in total. The lowest BCUT2D eigenvalue weighted by Gasteiger charge is -2.25. The minimum Gasteiger partial charge on any atom is -0.312 e. The largest absolute Gasteiger partial charge is 0.312 e. The van der Waals surface area contributed by atoms with Gasteiger partial charge in [-0.05, 0) is 43.9 Å². The van der Waals surface area contributed by atoms with Gasteiger partial charge in [-0.1, -0.05) is 34.1 Å². The minimum absolute atomic E-state index is 0.734. The molecule has 2 aliphatic rings. The predicted octanol–water partition coefficient (Wildman–Crippen LogP) is 3.17. The zero-order valence-corrected chi connectivity index (χ0v) is 12.3. The number of halogens is 1. The fourth-order valence-corrected chi connectivity index (χ4v) is 3.18. The molecule has 1 unspecified atom stereocenters. The van der Waals surface area contributed by atoms with Gasteiger partial charge in [0.05, 0.1) is 0 Å². The molecule has 1 aliphatic carbocycles. The summed E-state index contributed by atoms with van der Waals surface area (Å²) in [6.07, 6.45) is 5.47. The third-order valence-electron chi connectivity index (χ3n) is 4.05. The average molecular weight is 309 g/mol. The first-order valence-electron chi connectivity index (χ1n) is 7.04. The van der Waals surface area contributed by atoms with E-state index in [1.807, 2.05) is 0 Å². The van der Waals surface area contributed by atoms with Gasteiger partial charge in [-0.25, -0.2) is 0 Å². The maximum atomic E-state index is 3.68. The van der Waals surface area contributed by atoms with Crippen molar-refractivity contribution in [2.45, 2.75) is 44.3 Å². The lowest BCUT2D eigenvalue weighted by Crippen LogP contribution is -2.38. The second-order valence-corrected chi connectivity index (χ2v) is 6.39. The van der Waals surface area contributed by atoms with E-state index < -0.39 is 0 Å². The van der Waals surface area contributed by atoms with Crippen LogP contribution in [0.5, 0.6) is 0 Å². The van der Waals surface area contributed by atoms with Gasteiger partial charge in [-0.15, -0.1) is 0 Å². The van der Waals surface area contributed by atoms with Crippen molar-refractivity contribution in [1.29, 1.82) is 0 Å². The zero-order chi connectivity index (χ0) is 12.4. The summed E-state index contributed by atoms with van der Waals surface area (Å²) in [7, 11) is 0. The Balaban J connectivity index is 1.58. The molecule has 1 N–H and O–H groups in total. The first-order chi connectivity index (χ1) is 8.83. The molecule has 98 valence electrons. The van der Waals surface area contributed by atoms with Gasteiger partial charge in [0, 0.05) is 29.6 Å². The van der Waals surface area contributed by atoms with Gasteiger partial charge >= 0.3 is 0 Å². The molecule has 0 radical (unpaired) electrons. The highest BCUT2D eigenvalue weighted by molar-refractivity contribution is 9.10. The normalized spacial score (nSPS) is 24.6. The van der Waals surface area contributed by atoms with Crippen molar-refractivity contribution in [3.63, 3.8) is 0 Å². The number of benzene rings is 1. The standard InChI is InChI=1S/C15H21BrN2/c16-15-6-2-1-4-12(15)11-18-9-3-5-14(18)10-17-13-7-8-13/h1-2,4,6,13-14,17H,3,5,7-11H2. The smallest absolute Gasteiger partial charge is 0.0248 e. The Morgan fingerprint density at radius 2 is 2.06 bits per heavy atom. The fourth-order valence-electron chi connectivity index (χ4n) is 2.77. The Hall–Kier alpha value is -0.380. The van der Waals surface area contributed by atoms with Crippen LogP contribution in [-0.2, 0) is 6.54 Å². The van der Waals surface area contributed by atoms with E-state index in [9.17, 15) is 0 Å². The van der Waals surface area contributed by atoms with Crippen LogP contribution >= 0.6 is 15.9 Å². The Morgan fingerprint density at radius 3 is 2.83 bits per heavy atom. The molecule has 1 saturated carbocycles. The van der Waals surface area contributed by atoms with Crippen LogP contribution in [0.4, 0.5) is 0 Å². The van der Waals surface area contributed by atoms with Crippen molar-refractivity contribution in [3.05, 3.63) is 34.3 Å². The van der Waals surface area contributed by atoms with Gasteiger partial charge in [-0.2, -0.15) is 0 Å². The second kappa shape index (κ2) is 5.72. The molecular formula is C15H21BrN2. The van der Waals surface area contributed by atoms with Gasteiger partial charge in [-0.3, -0.25) is 4.90 Å². The highest BCUT2D eigenvalue weighted by Gasteiger charge is 2.27. The molecular weight excluding hydrogens is 288 g/mol. The number of rotatable bonds is 5. The zero-order valence-electron chi connectivity index (χ0n) is 10.7. The van der Waals surface area contributed by atoms with Crippen molar-refractivity contribution >= 4 is 15.9 Å². The molecule has 1 aromatic carbocycles. The highest BCUT2D eigenvalue weighted by atomic mass is 79.9. The van der Waals surface area contributed by atoms with E-state index in [1.165, 1.54) is 48.8 Å². The molecule has 1 saturated heterocycles. The third-order valence-corrected chi connectivity index (χ3v) is 4.82. The molecule has 0 amide bonds. The average Bonchev–Trinajstić information content (AvgIpc) is 3.10. The minimum atomic E-state index is 0.734. The van der Waals surface area contributed by atoms with Crippen LogP contribution < -0.4 is 5.32 Å². The topological polar surface area (TPSA) is 15.3 Å². The molecule has 0 aromatic heterocycles. The summed E-state index contributed by atoms with van der Waals surface area (Å²) < 4.78 is 1.24. The van der Waals surface area contributed by atoms with E-state index in [1.54, 1.807) is 0 Å². The van der Waals surface area contributed by atoms with E-state index in [0.717, 1.165) is 18.6 Å². The number of likely N-dealkylation sites (tertiary alicyclic amines) is 1. The Morgan fingerprint density at radius 1 is 1.22 bits per heavy atom. The van der Waals surface area contributed by atoms with Crippen molar-refractivity contribution in [2.24, 2.45) is 0 Å². The van der Waals surface area contributed by atoms with E-state index in [4.69, 9.17) is 0 Å². The first-order valence-corrected chi connectivity index (χ1v) is 7.83. The van der Waals surface area contributed by atoms with Crippen LogP contribution in [-0.4, -0.2) is 30.1 Å². The Kier molecular flexibility index (Phi) is 4.02. The summed E-state index contributed by atoms with van der Waals surface area (Å²) in [4.78, 5) is 2.63. The van der Waals surface area contributed by atoms with E-state index >= 15 is 0 Å². The predicted molar refractivity (Wildman–Crippen MR) is 78.6 cm³/mol. The molecule has 1 aromatic rings. The summed E-state index contributed by atoms with van der Waals surface area (Å²) in [6.45, 7) is 3.51. The molecule has 0 bridgehead atoms. The van der Waals surface area contributed by atoms with Crippen LogP contribution in [0.2, 0.25) is 0 Å². The summed E-state index contributed by atoms with van der Waals surface area (Å²) >= 11 is 3.65. The SMILES string of the molecule is Brc1ccccc1CN1CCCC1CNC1CC1. The van der Waals surface area contributed by atoms with E-state index in [0.29, 0.717) is 0 Å². The molecule has 18 heavy (non-hydrogen) atoms. The van der Waals surface area contributed by atoms with Crippen molar-refractivity contribution in [3.8, 4) is 0 Å². The first kappa shape index (κ1) is 12.6. The molecule has 3 rings (SSSR count). The van der Waals surface area contributed by atoms with Crippen LogP contribution in [0, 0.1) is 0 Å². The summed E-state index contributed by atoms with van der Waals surface area (Å²) in [5.41, 5.74) is 1.41. The number of nitrogens with zero attached hydrogens (tertiary/aromatic N) is 1. The van der Waals surface area contributed by atoms with Crippen molar-refractivity contribution in [2.75, 3.05) is 13.1 Å². The molecule has 0 spiro atoms. The van der Waals surface area contributed by atoms with Crippen LogP contribution in [0.15, 0.2) is 28.7 Å². The maximum Gasteiger partial charge on any atom is 0.0248 e. The second-order valence-electron chi connectivity index (χ2n) is 5.54. The molecule has 1 aliphatic heterocycles. The van der Waals surface area contributed by atoms with E-state index in [-0.39, 0.29) is 0 Å². The van der Waals surface area contributed by atoms with Crippen molar-refractivity contribution in [1.82, 2.24) is 10.2 Å². The van der Waals surface area contributed by atoms with Gasteiger partial charge in [0.1, 0.15) is 0 Å². The summed E-state index contributed by atoms with van der Waals surface area (Å²) in [5, 5.41) is 3.68. The third kappa shape index (κ3) is 3.14. The molecule has 1 heterocycles. The molecule has 1 atom stereocenters. The number of nitrogens with one attached hydrogen (secondary N) is 1. The Bertz CT molecular complexity index is 403. The lowest BCUT2D eigenvalue weighted by molar-refractivity contribution is 0.238. The van der Waals surface area contributed by atoms with E-state index in [2.05, 4.69) is 50.4 Å². The Labute approximate surface area is 118 Å². The van der Waals surface area contributed by atoms with Crippen LogP contribution in [0.3, 0.4) is 0 Å². The van der Waals surface area contributed by atoms with Gasteiger partial charge in [0.25, 0.3) is 0 Å². The van der Waals surface area contributed by atoms with Gasteiger partial charge in [0.15, 0.2) is 0 Å². The maximum absolute atomic E-state index is 3.68. The molecule has 3 heteroatoms. The lowest BCUT2D eigenvalue weighted by atomic mass is 10.2. The molecule has 2 fully saturated rings. The van der Waals surface area contributed by atoms with Gasteiger partial charge < -0.3 is 5.32 Å². The number of hydrogen-bond acceptors (Lipinski definition) is 2. The van der Waals surface area contributed by atoms with Crippen LogP contribution in [0.25, 0.3) is 0 Å². The van der Waals surface area contributed by atoms with Gasteiger partial charge in [0.2, 0.25) is 0 Å². The van der Waals surface area contributed by atoms with Crippen LogP contribution in [0.1, 0.15) is 31.2 Å². The quantitative estimate of drug-likeness (QED) is 0.899. The summed E-state index contributed by atoms with van der Waals surface area (Å²) in [5.74, 6) is 0.